The molecule has 3 unspecified atom stereocenters. The molecule has 0 amide bonds. The monoisotopic (exact) mass is 730 g/mol. The molecule has 4 aliphatic carbocycles. The number of hydrogen-bond donors (Lipinski definition) is 0. The van der Waals surface area contributed by atoms with Crippen LogP contribution in [0, 0.1) is 0 Å². The second-order valence-corrected chi connectivity index (χ2v) is 19.1. The van der Waals surface area contributed by atoms with Crippen LogP contribution >= 0.6 is 17.0 Å². The van der Waals surface area contributed by atoms with Crippen molar-refractivity contribution in [2.24, 2.45) is 0 Å². The van der Waals surface area contributed by atoms with Crippen LogP contribution in [-0.2, 0) is 44.1 Å². The molecule has 0 heterocycles. The van der Waals surface area contributed by atoms with E-state index < -0.39 is 19.4 Å². The summed E-state index contributed by atoms with van der Waals surface area (Å²) in [6, 6.07) is 26.0. The molecule has 3 aromatic carbocycles. The summed E-state index contributed by atoms with van der Waals surface area (Å²) in [5, 5.41) is 0. The van der Waals surface area contributed by atoms with Crippen LogP contribution in [-0.4, -0.2) is 0 Å². The van der Waals surface area contributed by atoms with Gasteiger partial charge in [-0.05, 0) is 22.3 Å². The molecule has 3 atom stereocenters. The van der Waals surface area contributed by atoms with Gasteiger partial charge in [0.2, 0.25) is 0 Å². The van der Waals surface area contributed by atoms with E-state index in [2.05, 4.69) is 115 Å². The van der Waals surface area contributed by atoms with Gasteiger partial charge in [0.05, 0.1) is 0 Å². The summed E-state index contributed by atoms with van der Waals surface area (Å²) < 4.78 is 2.00. The van der Waals surface area contributed by atoms with Crippen LogP contribution in [0.4, 0.5) is 0 Å². The first-order valence-corrected chi connectivity index (χ1v) is 21.2. The summed E-state index contributed by atoms with van der Waals surface area (Å²) in [6.07, 6.45) is 20.8. The van der Waals surface area contributed by atoms with E-state index in [1.807, 2.05) is 12.2 Å². The molecule has 6 heteroatoms. The van der Waals surface area contributed by atoms with Gasteiger partial charge in [0.1, 0.15) is 0 Å². The van der Waals surface area contributed by atoms with Crippen molar-refractivity contribution in [3.63, 3.8) is 0 Å². The van der Waals surface area contributed by atoms with Crippen molar-refractivity contribution in [3.8, 4) is 0 Å². The SMILES string of the molecule is C1=CC(C2C=Cc3ccccc32)c2ccccc21.[Cl-].[Cl-].[Cl][Zr]([Cl])[C]1=CC=CC1.[Zr+2][CH]1C=Cc2ccccc21. The fourth-order valence-corrected chi connectivity index (χ4v) is 8.77. The van der Waals surface area contributed by atoms with Crippen LogP contribution in [0.3, 0.4) is 0 Å². The Morgan fingerprint density at radius 1 is 0.632 bits per heavy atom. The van der Waals surface area contributed by atoms with E-state index in [1.54, 1.807) is 24.7 Å². The third-order valence-corrected chi connectivity index (χ3v) is 13.1. The van der Waals surface area contributed by atoms with Gasteiger partial charge >= 0.3 is 140 Å². The van der Waals surface area contributed by atoms with Gasteiger partial charge in [-0.25, -0.2) is 0 Å². The maximum absolute atomic E-state index is 5.74. The molecule has 0 saturated carbocycles. The molecule has 7 rings (SSSR count). The van der Waals surface area contributed by atoms with Gasteiger partial charge in [0.25, 0.3) is 0 Å². The van der Waals surface area contributed by atoms with Crippen molar-refractivity contribution in [1.29, 1.82) is 0 Å². The molecule has 0 aromatic heterocycles. The van der Waals surface area contributed by atoms with E-state index in [1.165, 1.54) is 36.7 Å². The third kappa shape index (κ3) is 7.52. The number of fused-ring (bicyclic) bond motifs is 3. The number of halogens is 4. The topological polar surface area (TPSA) is 0 Å². The average Bonchev–Trinajstić information content (AvgIpc) is 3.71. The Hall–Kier alpha value is -0.714. The summed E-state index contributed by atoms with van der Waals surface area (Å²) in [7, 11) is 11.5. The van der Waals surface area contributed by atoms with E-state index in [0.717, 1.165) is 6.42 Å². The van der Waals surface area contributed by atoms with Gasteiger partial charge < -0.3 is 24.8 Å². The minimum atomic E-state index is -1.96. The fourth-order valence-electron chi connectivity index (χ4n) is 5.02. The standard InChI is InChI=1S/C18H14.C9H7.C5H5.4ClH.2Zr/c1-3-7-15-13(5-1)9-11-17(15)18-12-10-14-6-2-4-8-16(14)18;1-2-5-9-7-3-6-8(9)4-1;1-2-4-5-3-1;;;;;;/h1-12,17-18H;1-7H;1-3H,4H2;4*1H;;/q;;;;;;;2*+2/p-4. The van der Waals surface area contributed by atoms with E-state index in [-0.39, 0.29) is 24.8 Å². The molecule has 0 aliphatic heterocycles. The molecule has 190 valence electrons. The second kappa shape index (κ2) is 15.3. The van der Waals surface area contributed by atoms with E-state index in [0.29, 0.717) is 15.5 Å². The van der Waals surface area contributed by atoms with Crippen molar-refractivity contribution in [2.45, 2.75) is 21.9 Å². The molecular weight excluding hydrogens is 709 g/mol. The van der Waals surface area contributed by atoms with Gasteiger partial charge in [-0.3, -0.25) is 0 Å². The van der Waals surface area contributed by atoms with Crippen LogP contribution in [0.2, 0.25) is 0 Å². The summed E-state index contributed by atoms with van der Waals surface area (Å²) in [6.45, 7) is 0. The summed E-state index contributed by atoms with van der Waals surface area (Å²) in [5.74, 6) is 1.00. The third-order valence-electron chi connectivity index (χ3n) is 6.88. The van der Waals surface area contributed by atoms with Crippen molar-refractivity contribution in [3.05, 3.63) is 146 Å². The van der Waals surface area contributed by atoms with Crippen molar-refractivity contribution in [2.75, 3.05) is 0 Å². The Balaban J connectivity index is 0.000000171. The Kier molecular flexibility index (Phi) is 12.8. The van der Waals surface area contributed by atoms with Crippen LogP contribution < -0.4 is 24.8 Å². The molecule has 38 heavy (non-hydrogen) atoms. The Morgan fingerprint density at radius 2 is 1.08 bits per heavy atom. The fraction of sp³-hybridized carbons (Fsp3) is 0.125. The zero-order valence-corrected chi connectivity index (χ0v) is 28.5. The zero-order chi connectivity index (χ0) is 24.9. The quantitative estimate of drug-likeness (QED) is 0.378. The molecule has 0 radical (unpaired) electrons. The van der Waals surface area contributed by atoms with Gasteiger partial charge in [0.15, 0.2) is 0 Å². The Labute approximate surface area is 269 Å². The van der Waals surface area contributed by atoms with Crippen LogP contribution in [0.5, 0.6) is 0 Å². The number of allylic oxidation sites excluding steroid dienone is 7. The molecule has 0 spiro atoms. The average molecular weight is 735 g/mol. The Morgan fingerprint density at radius 3 is 1.50 bits per heavy atom. The molecule has 0 N–H and O–H groups in total. The van der Waals surface area contributed by atoms with E-state index in [4.69, 9.17) is 17.0 Å². The molecule has 0 saturated heterocycles. The summed E-state index contributed by atoms with van der Waals surface area (Å²) in [4.78, 5) is 0. The van der Waals surface area contributed by atoms with Crippen LogP contribution in [0.25, 0.3) is 18.2 Å². The molecule has 0 bridgehead atoms. The first-order chi connectivity index (χ1) is 17.6. The first kappa shape index (κ1) is 31.8. The number of rotatable bonds is 2. The minimum absolute atomic E-state index is 0. The Bertz CT molecular complexity index is 1330. The predicted octanol–water partition coefficient (Wildman–Crippen LogP) is 3.67. The molecular formula is C32H26Cl4Zr2. The van der Waals surface area contributed by atoms with Crippen LogP contribution in [0.15, 0.2) is 113 Å². The van der Waals surface area contributed by atoms with Crippen molar-refractivity contribution in [1.82, 2.24) is 0 Å². The normalized spacial score (nSPS) is 20.0. The molecule has 0 nitrogen and oxygen atoms in total. The number of benzene rings is 3. The van der Waals surface area contributed by atoms with Crippen molar-refractivity contribution < 1.29 is 68.9 Å². The first-order valence-electron chi connectivity index (χ1n) is 12.2. The van der Waals surface area contributed by atoms with Gasteiger partial charge in [-0.2, -0.15) is 0 Å². The van der Waals surface area contributed by atoms with E-state index in [9.17, 15) is 0 Å². The molecule has 3 aromatic rings. The van der Waals surface area contributed by atoms with Gasteiger partial charge in [-0.1, -0.05) is 72.8 Å². The predicted molar refractivity (Wildman–Crippen MR) is 148 cm³/mol. The van der Waals surface area contributed by atoms with Gasteiger partial charge in [-0.15, -0.1) is 0 Å². The van der Waals surface area contributed by atoms with E-state index >= 15 is 0 Å². The maximum atomic E-state index is 5.74. The van der Waals surface area contributed by atoms with Crippen molar-refractivity contribution >= 4 is 35.3 Å². The summed E-state index contributed by atoms with van der Waals surface area (Å²) >= 11 is -0.376. The molecule has 4 aliphatic rings. The van der Waals surface area contributed by atoms with Gasteiger partial charge in [0, 0.05) is 11.8 Å². The summed E-state index contributed by atoms with van der Waals surface area (Å²) in [5.41, 5.74) is 8.58. The van der Waals surface area contributed by atoms with Crippen LogP contribution in [0.1, 0.15) is 55.3 Å². The molecule has 0 fully saturated rings. The second-order valence-electron chi connectivity index (χ2n) is 9.08. The number of hydrogen-bond acceptors (Lipinski definition) is 0. The zero-order valence-electron chi connectivity index (χ0n) is 20.6.